The Hall–Kier alpha value is -3.22. The van der Waals surface area contributed by atoms with E-state index in [2.05, 4.69) is 44.3 Å². The Bertz CT molecular complexity index is 1270. The van der Waals surface area contributed by atoms with Crippen LogP contribution in [0.25, 0.3) is 11.1 Å². The SMILES string of the molecule is COc1cc(-c2cccc(N(CC34CCC(c5nc(C)no5)(CC3)CC4)C(=O)C3CCCCC3)c2)ccn1. The van der Waals surface area contributed by atoms with Crippen LogP contribution in [0.2, 0.25) is 0 Å². The maximum Gasteiger partial charge on any atom is 0.232 e. The maximum atomic E-state index is 14.1. The smallest absolute Gasteiger partial charge is 0.232 e. The predicted molar refractivity (Wildman–Crippen MR) is 146 cm³/mol. The van der Waals surface area contributed by atoms with Gasteiger partial charge in [0.1, 0.15) is 0 Å². The van der Waals surface area contributed by atoms with Crippen molar-refractivity contribution >= 4 is 11.6 Å². The van der Waals surface area contributed by atoms with Crippen molar-refractivity contribution in [2.75, 3.05) is 18.6 Å². The van der Waals surface area contributed by atoms with E-state index >= 15 is 0 Å². The quantitative estimate of drug-likeness (QED) is 0.351. The van der Waals surface area contributed by atoms with E-state index in [0.717, 1.165) is 93.5 Å². The van der Waals surface area contributed by atoms with Gasteiger partial charge in [0.25, 0.3) is 0 Å². The van der Waals surface area contributed by atoms with E-state index in [1.54, 1.807) is 13.3 Å². The summed E-state index contributed by atoms with van der Waals surface area (Å²) in [5.41, 5.74) is 3.26. The van der Waals surface area contributed by atoms with Crippen molar-refractivity contribution in [2.24, 2.45) is 11.3 Å². The van der Waals surface area contributed by atoms with Gasteiger partial charge in [0.15, 0.2) is 5.82 Å². The van der Waals surface area contributed by atoms with Crippen LogP contribution in [0.1, 0.15) is 82.3 Å². The van der Waals surface area contributed by atoms with Gasteiger partial charge in [0, 0.05) is 35.8 Å². The van der Waals surface area contributed by atoms with Gasteiger partial charge in [-0.1, -0.05) is 36.6 Å². The van der Waals surface area contributed by atoms with Crippen LogP contribution in [-0.4, -0.2) is 34.7 Å². The number of fused-ring (bicyclic) bond motifs is 3. The molecule has 3 aromatic rings. The van der Waals surface area contributed by atoms with E-state index in [0.29, 0.717) is 17.6 Å². The first-order chi connectivity index (χ1) is 18.5. The number of ether oxygens (including phenoxy) is 1. The number of carbonyl (C=O) groups excluding carboxylic acids is 1. The largest absolute Gasteiger partial charge is 0.481 e. The Morgan fingerprint density at radius 2 is 1.76 bits per heavy atom. The third-order valence-corrected chi connectivity index (χ3v) is 9.53. The first-order valence-corrected chi connectivity index (χ1v) is 14.2. The van der Waals surface area contributed by atoms with Gasteiger partial charge in [-0.05, 0) is 93.0 Å². The zero-order chi connectivity index (χ0) is 26.2. The van der Waals surface area contributed by atoms with Crippen LogP contribution in [0.5, 0.6) is 5.88 Å². The van der Waals surface area contributed by atoms with Crippen LogP contribution >= 0.6 is 0 Å². The van der Waals surface area contributed by atoms with Gasteiger partial charge in [0.2, 0.25) is 17.7 Å². The molecule has 0 saturated heterocycles. The monoisotopic (exact) mass is 514 g/mol. The summed E-state index contributed by atoms with van der Waals surface area (Å²) >= 11 is 0. The molecule has 4 saturated carbocycles. The molecule has 0 atom stereocenters. The second-order valence-electron chi connectivity index (χ2n) is 11.8. The topological polar surface area (TPSA) is 81.4 Å². The highest BCUT2D eigenvalue weighted by atomic mass is 16.5. The van der Waals surface area contributed by atoms with Gasteiger partial charge in [-0.3, -0.25) is 4.79 Å². The van der Waals surface area contributed by atoms with Crippen molar-refractivity contribution < 1.29 is 14.1 Å². The fourth-order valence-electron chi connectivity index (χ4n) is 7.09. The minimum absolute atomic E-state index is 0.0154. The zero-order valence-electron chi connectivity index (χ0n) is 22.6. The van der Waals surface area contributed by atoms with Crippen LogP contribution in [-0.2, 0) is 10.2 Å². The van der Waals surface area contributed by atoms with Gasteiger partial charge in [-0.2, -0.15) is 4.98 Å². The molecule has 2 bridgehead atoms. The van der Waals surface area contributed by atoms with Crippen molar-refractivity contribution in [1.82, 2.24) is 15.1 Å². The Balaban J connectivity index is 1.29. The van der Waals surface area contributed by atoms with Crippen LogP contribution < -0.4 is 9.64 Å². The van der Waals surface area contributed by atoms with Crippen LogP contribution in [0.4, 0.5) is 5.69 Å². The zero-order valence-corrected chi connectivity index (χ0v) is 22.6. The summed E-state index contributed by atoms with van der Waals surface area (Å²) in [6.45, 7) is 2.68. The highest BCUT2D eigenvalue weighted by Crippen LogP contribution is 2.58. The standard InChI is InChI=1S/C31H38N4O3/c1-22-33-29(38-34-22)31-15-12-30(13-16-31,14-17-31)21-35(28(36)23-7-4-3-5-8-23)26-10-6-9-24(19-26)25-11-18-32-27(20-25)37-2/h6,9-11,18-20,23H,3-5,7-8,12-17,21H2,1-2H3. The Morgan fingerprint density at radius 1 is 1.03 bits per heavy atom. The molecule has 1 amide bonds. The Morgan fingerprint density at radius 3 is 2.45 bits per heavy atom. The van der Waals surface area contributed by atoms with Crippen molar-refractivity contribution in [3.63, 3.8) is 0 Å². The fraction of sp³-hybridized carbons (Fsp3) is 0.548. The van der Waals surface area contributed by atoms with Gasteiger partial charge in [-0.25, -0.2) is 4.98 Å². The van der Waals surface area contributed by atoms with E-state index < -0.39 is 0 Å². The normalized spacial score (nSPS) is 25.3. The van der Waals surface area contributed by atoms with Gasteiger partial charge in [0.05, 0.1) is 7.11 Å². The maximum absolute atomic E-state index is 14.1. The van der Waals surface area contributed by atoms with Crippen molar-refractivity contribution in [3.8, 4) is 17.0 Å². The third-order valence-electron chi connectivity index (χ3n) is 9.53. The molecule has 200 valence electrons. The number of amides is 1. The second-order valence-corrected chi connectivity index (χ2v) is 11.8. The summed E-state index contributed by atoms with van der Waals surface area (Å²) in [4.78, 5) is 25.2. The summed E-state index contributed by atoms with van der Waals surface area (Å²) < 4.78 is 11.0. The number of carbonyl (C=O) groups is 1. The van der Waals surface area contributed by atoms with Crippen LogP contribution in [0, 0.1) is 18.3 Å². The number of methoxy groups -OCH3 is 1. The van der Waals surface area contributed by atoms with Crippen LogP contribution in [0.3, 0.4) is 0 Å². The van der Waals surface area contributed by atoms with E-state index in [1.807, 2.05) is 19.1 Å². The van der Waals surface area contributed by atoms with E-state index in [-0.39, 0.29) is 16.7 Å². The number of nitrogens with zero attached hydrogens (tertiary/aromatic N) is 4. The molecule has 0 spiro atoms. The average Bonchev–Trinajstić information content (AvgIpc) is 3.44. The molecule has 0 unspecified atom stereocenters. The molecule has 38 heavy (non-hydrogen) atoms. The number of anilines is 1. The third kappa shape index (κ3) is 4.72. The number of pyridine rings is 1. The van der Waals surface area contributed by atoms with Crippen LogP contribution in [0.15, 0.2) is 47.1 Å². The summed E-state index contributed by atoms with van der Waals surface area (Å²) in [6, 6.07) is 12.4. The van der Waals surface area contributed by atoms with Crippen molar-refractivity contribution in [1.29, 1.82) is 0 Å². The lowest BCUT2D eigenvalue weighted by Crippen LogP contribution is -2.51. The van der Waals surface area contributed by atoms with E-state index in [9.17, 15) is 4.79 Å². The minimum atomic E-state index is 0.0154. The molecule has 7 heteroatoms. The van der Waals surface area contributed by atoms with Gasteiger partial charge < -0.3 is 14.2 Å². The molecular formula is C31H38N4O3. The molecule has 2 aromatic heterocycles. The summed E-state index contributed by atoms with van der Waals surface area (Å²) in [7, 11) is 1.63. The molecule has 0 radical (unpaired) electrons. The van der Waals surface area contributed by atoms with Gasteiger partial charge >= 0.3 is 0 Å². The molecule has 7 rings (SSSR count). The summed E-state index contributed by atoms with van der Waals surface area (Å²) in [5, 5.41) is 4.08. The average molecular weight is 515 g/mol. The molecule has 4 aliphatic rings. The highest BCUT2D eigenvalue weighted by molar-refractivity contribution is 5.96. The number of benzene rings is 1. The number of aryl methyl sites for hydroxylation is 1. The molecule has 7 nitrogen and oxygen atoms in total. The molecule has 4 fully saturated rings. The Labute approximate surface area is 225 Å². The van der Waals surface area contributed by atoms with Gasteiger partial charge in [-0.15, -0.1) is 0 Å². The number of aromatic nitrogens is 3. The number of hydrogen-bond acceptors (Lipinski definition) is 6. The molecule has 1 aromatic carbocycles. The first-order valence-electron chi connectivity index (χ1n) is 14.2. The lowest BCUT2D eigenvalue weighted by molar-refractivity contribution is -0.124. The lowest BCUT2D eigenvalue weighted by Gasteiger charge is -2.53. The number of hydrogen-bond donors (Lipinski definition) is 0. The molecule has 0 N–H and O–H groups in total. The molecule has 4 aliphatic carbocycles. The molecule has 0 aliphatic heterocycles. The van der Waals surface area contributed by atoms with Crippen molar-refractivity contribution in [3.05, 3.63) is 54.3 Å². The second kappa shape index (κ2) is 10.2. The predicted octanol–water partition coefficient (Wildman–Crippen LogP) is 6.65. The molecular weight excluding hydrogens is 476 g/mol. The number of rotatable bonds is 7. The fourth-order valence-corrected chi connectivity index (χ4v) is 7.09. The summed E-state index contributed by atoms with van der Waals surface area (Å²) in [6.07, 6.45) is 13.7. The first kappa shape index (κ1) is 25.1. The van der Waals surface area contributed by atoms with Crippen molar-refractivity contribution in [2.45, 2.75) is 83.0 Å². The minimum Gasteiger partial charge on any atom is -0.481 e. The highest BCUT2D eigenvalue weighted by Gasteiger charge is 2.53. The van der Waals surface area contributed by atoms with E-state index in [1.165, 1.54) is 6.42 Å². The molecule has 2 heterocycles. The lowest BCUT2D eigenvalue weighted by atomic mass is 9.53. The Kier molecular flexibility index (Phi) is 6.70. The summed E-state index contributed by atoms with van der Waals surface area (Å²) in [5.74, 6) is 2.55. The van der Waals surface area contributed by atoms with E-state index in [4.69, 9.17) is 9.26 Å².